The van der Waals surface area contributed by atoms with E-state index in [4.69, 9.17) is 4.42 Å². The Balaban J connectivity index is 1.55. The lowest BCUT2D eigenvalue weighted by Gasteiger charge is -2.10. The van der Waals surface area contributed by atoms with Crippen molar-refractivity contribution in [3.8, 4) is 11.4 Å². The van der Waals surface area contributed by atoms with E-state index in [1.807, 2.05) is 0 Å². The molecular weight excluding hydrogens is 476 g/mol. The minimum atomic E-state index is 0.953. The molecule has 8 aromatic rings. The summed E-state index contributed by atoms with van der Waals surface area (Å²) in [6, 6.07) is 39.3. The Morgan fingerprint density at radius 3 is 2.00 bits per heavy atom. The zero-order valence-corrected chi connectivity index (χ0v) is 21.3. The molecule has 184 valence electrons. The Hall–Kier alpha value is -5.02. The van der Waals surface area contributed by atoms with Gasteiger partial charge in [0.15, 0.2) is 0 Å². The maximum atomic E-state index is 6.67. The predicted molar refractivity (Wildman–Crippen MR) is 162 cm³/mol. The third-order valence-corrected chi connectivity index (χ3v) is 8.35. The third kappa shape index (κ3) is 2.77. The molecule has 39 heavy (non-hydrogen) atoms. The monoisotopic (exact) mass is 500 g/mol. The van der Waals surface area contributed by atoms with Crippen LogP contribution in [0.3, 0.4) is 0 Å². The van der Waals surface area contributed by atoms with Crippen molar-refractivity contribution < 1.29 is 4.42 Å². The van der Waals surface area contributed by atoms with Crippen molar-refractivity contribution in [2.45, 2.75) is 12.8 Å². The van der Waals surface area contributed by atoms with Crippen molar-refractivity contribution in [3.63, 3.8) is 0 Å². The van der Waals surface area contributed by atoms with E-state index < -0.39 is 0 Å². The first kappa shape index (κ1) is 21.0. The summed E-state index contributed by atoms with van der Waals surface area (Å²) in [6.07, 6.45) is 6.48. The SMILES string of the molecule is C1=Cc2c(oc3c2ccc2c3c3ccc4c(c5ccccc5n4-c4ccccc4)c3n2-c2ccccc2)CC1. The van der Waals surface area contributed by atoms with Crippen LogP contribution < -0.4 is 0 Å². The summed E-state index contributed by atoms with van der Waals surface area (Å²) in [5, 5.41) is 6.12. The molecule has 3 nitrogen and oxygen atoms in total. The summed E-state index contributed by atoms with van der Waals surface area (Å²) in [4.78, 5) is 0. The highest BCUT2D eigenvalue weighted by molar-refractivity contribution is 6.29. The molecule has 3 aromatic heterocycles. The van der Waals surface area contributed by atoms with Gasteiger partial charge >= 0.3 is 0 Å². The number of fused-ring (bicyclic) bond motifs is 11. The number of benzene rings is 5. The van der Waals surface area contributed by atoms with Gasteiger partial charge in [0.25, 0.3) is 0 Å². The minimum absolute atomic E-state index is 0.953. The normalized spacial score (nSPS) is 13.3. The molecule has 0 unspecified atom stereocenters. The standard InChI is InChI=1S/C36H24N2O/c1-3-11-23(12-4-1)37-29-17-9-7-16-27(29)33-30(37)22-20-28-34-31(38(35(28)33)24-13-5-2-6-14-24)21-19-26-25-15-8-10-18-32(25)39-36(26)34/h1-9,11-17,19-22H,10,18H2. The van der Waals surface area contributed by atoms with Gasteiger partial charge in [0.2, 0.25) is 0 Å². The number of nitrogens with zero attached hydrogens (tertiary/aromatic N) is 2. The van der Waals surface area contributed by atoms with E-state index in [0.29, 0.717) is 0 Å². The van der Waals surface area contributed by atoms with Crippen molar-refractivity contribution >= 4 is 60.7 Å². The van der Waals surface area contributed by atoms with Gasteiger partial charge < -0.3 is 13.6 Å². The van der Waals surface area contributed by atoms with Crippen LogP contribution in [-0.2, 0) is 6.42 Å². The van der Waals surface area contributed by atoms with Gasteiger partial charge in [-0.25, -0.2) is 0 Å². The second-order valence-corrected chi connectivity index (χ2v) is 10.4. The maximum absolute atomic E-state index is 6.67. The number of hydrogen-bond acceptors (Lipinski definition) is 1. The summed E-state index contributed by atoms with van der Waals surface area (Å²) in [5.74, 6) is 1.10. The van der Waals surface area contributed by atoms with Crippen LogP contribution in [-0.4, -0.2) is 9.13 Å². The van der Waals surface area contributed by atoms with Crippen LogP contribution >= 0.6 is 0 Å². The van der Waals surface area contributed by atoms with Gasteiger partial charge in [0, 0.05) is 44.9 Å². The molecule has 5 aromatic carbocycles. The molecule has 0 radical (unpaired) electrons. The van der Waals surface area contributed by atoms with E-state index in [2.05, 4.69) is 130 Å². The summed E-state index contributed by atoms with van der Waals surface area (Å²) >= 11 is 0. The van der Waals surface area contributed by atoms with Crippen LogP contribution in [0.25, 0.3) is 72.0 Å². The van der Waals surface area contributed by atoms with E-state index in [9.17, 15) is 0 Å². The van der Waals surface area contributed by atoms with Gasteiger partial charge in [-0.1, -0.05) is 66.7 Å². The molecule has 3 heteroatoms. The molecule has 0 N–H and O–H groups in total. The van der Waals surface area contributed by atoms with E-state index >= 15 is 0 Å². The highest BCUT2D eigenvalue weighted by Gasteiger charge is 2.24. The van der Waals surface area contributed by atoms with Gasteiger partial charge in [-0.2, -0.15) is 0 Å². The van der Waals surface area contributed by atoms with Crippen molar-refractivity contribution in [2.24, 2.45) is 0 Å². The molecular formula is C36H24N2O. The quantitative estimate of drug-likeness (QED) is 0.232. The average Bonchev–Trinajstić information content (AvgIpc) is 3.65. The molecule has 3 heterocycles. The number of para-hydroxylation sites is 3. The van der Waals surface area contributed by atoms with Gasteiger partial charge in [-0.15, -0.1) is 0 Å². The minimum Gasteiger partial charge on any atom is -0.460 e. The first-order valence-corrected chi connectivity index (χ1v) is 13.6. The van der Waals surface area contributed by atoms with Crippen LogP contribution in [0.2, 0.25) is 0 Å². The molecule has 9 rings (SSSR count). The van der Waals surface area contributed by atoms with Crippen LogP contribution in [0, 0.1) is 0 Å². The van der Waals surface area contributed by atoms with E-state index in [1.165, 1.54) is 60.2 Å². The Bertz CT molecular complexity index is 2260. The number of rotatable bonds is 2. The van der Waals surface area contributed by atoms with Crippen LogP contribution in [0.1, 0.15) is 17.7 Å². The molecule has 1 aliphatic carbocycles. The van der Waals surface area contributed by atoms with Gasteiger partial charge in [-0.3, -0.25) is 0 Å². The summed E-state index contributed by atoms with van der Waals surface area (Å²) in [5.41, 5.74) is 9.35. The van der Waals surface area contributed by atoms with E-state index in [1.54, 1.807) is 0 Å². The van der Waals surface area contributed by atoms with Crippen molar-refractivity contribution in [2.75, 3.05) is 0 Å². The molecule has 0 atom stereocenters. The molecule has 0 bridgehead atoms. The summed E-state index contributed by atoms with van der Waals surface area (Å²) in [7, 11) is 0. The van der Waals surface area contributed by atoms with E-state index in [-0.39, 0.29) is 0 Å². The first-order chi connectivity index (χ1) is 19.4. The fraction of sp³-hybridized carbons (Fsp3) is 0.0556. The number of aryl methyl sites for hydroxylation is 1. The van der Waals surface area contributed by atoms with Gasteiger partial charge in [0.05, 0.1) is 27.5 Å². The molecule has 0 spiro atoms. The fourth-order valence-corrected chi connectivity index (χ4v) is 6.75. The van der Waals surface area contributed by atoms with Gasteiger partial charge in [-0.05, 0) is 61.0 Å². The molecule has 0 saturated carbocycles. The lowest BCUT2D eigenvalue weighted by molar-refractivity contribution is 0.549. The molecule has 0 fully saturated rings. The Morgan fingerprint density at radius 2 is 1.21 bits per heavy atom. The molecule has 0 aliphatic heterocycles. The topological polar surface area (TPSA) is 23.0 Å². The highest BCUT2D eigenvalue weighted by atomic mass is 16.3. The molecule has 0 amide bonds. The second-order valence-electron chi connectivity index (χ2n) is 10.4. The lowest BCUT2D eigenvalue weighted by atomic mass is 10.0. The lowest BCUT2D eigenvalue weighted by Crippen LogP contribution is -1.95. The number of allylic oxidation sites excluding steroid dienone is 1. The Morgan fingerprint density at radius 1 is 0.538 bits per heavy atom. The second kappa shape index (κ2) is 7.75. The summed E-state index contributed by atoms with van der Waals surface area (Å²) < 4.78 is 11.5. The van der Waals surface area contributed by atoms with Crippen LogP contribution in [0.5, 0.6) is 0 Å². The Labute approximate surface area is 224 Å². The molecule has 1 aliphatic rings. The first-order valence-electron chi connectivity index (χ1n) is 13.6. The van der Waals surface area contributed by atoms with Crippen LogP contribution in [0.4, 0.5) is 0 Å². The largest absolute Gasteiger partial charge is 0.460 e. The summed E-state index contributed by atoms with van der Waals surface area (Å²) in [6.45, 7) is 0. The zero-order chi connectivity index (χ0) is 25.5. The third-order valence-electron chi connectivity index (χ3n) is 8.35. The van der Waals surface area contributed by atoms with Crippen molar-refractivity contribution in [1.29, 1.82) is 0 Å². The zero-order valence-electron chi connectivity index (χ0n) is 21.3. The van der Waals surface area contributed by atoms with Crippen LogP contribution in [0.15, 0.2) is 120 Å². The predicted octanol–water partition coefficient (Wildman–Crippen LogP) is 9.59. The number of aromatic nitrogens is 2. The number of furan rings is 1. The van der Waals surface area contributed by atoms with Crippen molar-refractivity contribution in [3.05, 3.63) is 127 Å². The maximum Gasteiger partial charge on any atom is 0.144 e. The van der Waals surface area contributed by atoms with Gasteiger partial charge in [0.1, 0.15) is 11.3 Å². The highest BCUT2D eigenvalue weighted by Crippen LogP contribution is 2.45. The molecule has 0 saturated heterocycles. The van der Waals surface area contributed by atoms with E-state index in [0.717, 1.165) is 29.9 Å². The fourth-order valence-electron chi connectivity index (χ4n) is 6.75. The average molecular weight is 501 g/mol. The Kier molecular flexibility index (Phi) is 4.17. The number of hydrogen-bond donors (Lipinski definition) is 0. The smallest absolute Gasteiger partial charge is 0.144 e. The van der Waals surface area contributed by atoms with Crippen molar-refractivity contribution in [1.82, 2.24) is 9.13 Å².